The SMILES string of the molecule is CCC(=O)Nc1ccc(S(=O)(=O)N(C)C(C)C)cc1. The van der Waals surface area contributed by atoms with E-state index in [1.807, 2.05) is 13.8 Å². The first-order valence-corrected chi connectivity index (χ1v) is 7.61. The summed E-state index contributed by atoms with van der Waals surface area (Å²) in [6, 6.07) is 6.08. The molecule has 6 heteroatoms. The van der Waals surface area contributed by atoms with Gasteiger partial charge >= 0.3 is 0 Å². The Labute approximate surface area is 114 Å². The molecule has 0 bridgehead atoms. The van der Waals surface area contributed by atoms with Crippen LogP contribution in [0.25, 0.3) is 0 Å². The number of benzene rings is 1. The van der Waals surface area contributed by atoms with Crippen LogP contribution in [0.2, 0.25) is 0 Å². The van der Waals surface area contributed by atoms with Gasteiger partial charge in [-0.05, 0) is 38.1 Å². The van der Waals surface area contributed by atoms with Crippen molar-refractivity contribution in [2.45, 2.75) is 38.1 Å². The Bertz CT molecular complexity index is 536. The van der Waals surface area contributed by atoms with E-state index in [1.165, 1.54) is 16.4 Å². The minimum absolute atomic E-state index is 0.102. The Kier molecular flexibility index (Phi) is 5.08. The molecule has 0 fully saturated rings. The predicted molar refractivity (Wildman–Crippen MR) is 75.4 cm³/mol. The number of rotatable bonds is 5. The van der Waals surface area contributed by atoms with Crippen molar-refractivity contribution in [1.29, 1.82) is 0 Å². The maximum Gasteiger partial charge on any atom is 0.243 e. The Morgan fingerprint density at radius 3 is 2.21 bits per heavy atom. The Morgan fingerprint density at radius 1 is 1.26 bits per heavy atom. The second-order valence-electron chi connectivity index (χ2n) is 4.54. The highest BCUT2D eigenvalue weighted by Gasteiger charge is 2.22. The highest BCUT2D eigenvalue weighted by Crippen LogP contribution is 2.19. The van der Waals surface area contributed by atoms with Gasteiger partial charge in [0.1, 0.15) is 0 Å². The average molecular weight is 284 g/mol. The zero-order chi connectivity index (χ0) is 14.6. The molecule has 0 radical (unpaired) electrons. The van der Waals surface area contributed by atoms with E-state index < -0.39 is 10.0 Å². The third-order valence-electron chi connectivity index (χ3n) is 2.86. The maximum atomic E-state index is 12.2. The molecule has 0 spiro atoms. The number of sulfonamides is 1. The van der Waals surface area contributed by atoms with Crippen LogP contribution < -0.4 is 5.32 Å². The van der Waals surface area contributed by atoms with Gasteiger partial charge in [-0.1, -0.05) is 6.92 Å². The predicted octanol–water partition coefficient (Wildman–Crippen LogP) is 2.06. The lowest BCUT2D eigenvalue weighted by Crippen LogP contribution is -2.33. The van der Waals surface area contributed by atoms with Crippen molar-refractivity contribution in [2.75, 3.05) is 12.4 Å². The summed E-state index contributed by atoms with van der Waals surface area (Å²) in [7, 11) is -1.92. The zero-order valence-electron chi connectivity index (χ0n) is 11.7. The molecule has 0 aromatic heterocycles. The lowest BCUT2D eigenvalue weighted by atomic mass is 10.3. The Hall–Kier alpha value is -1.40. The number of nitrogens with zero attached hydrogens (tertiary/aromatic N) is 1. The quantitative estimate of drug-likeness (QED) is 0.900. The van der Waals surface area contributed by atoms with Crippen molar-refractivity contribution in [1.82, 2.24) is 4.31 Å². The van der Waals surface area contributed by atoms with Gasteiger partial charge in [-0.2, -0.15) is 4.31 Å². The monoisotopic (exact) mass is 284 g/mol. The van der Waals surface area contributed by atoms with Crippen LogP contribution in [-0.4, -0.2) is 31.7 Å². The summed E-state index contributed by atoms with van der Waals surface area (Å²) in [5.41, 5.74) is 0.595. The fraction of sp³-hybridized carbons (Fsp3) is 0.462. The fourth-order valence-electron chi connectivity index (χ4n) is 1.40. The van der Waals surface area contributed by atoms with Crippen molar-refractivity contribution in [2.24, 2.45) is 0 Å². The molecule has 5 nitrogen and oxygen atoms in total. The van der Waals surface area contributed by atoms with E-state index in [0.717, 1.165) is 0 Å². The third-order valence-corrected chi connectivity index (χ3v) is 4.91. The fourth-order valence-corrected chi connectivity index (χ4v) is 2.77. The third kappa shape index (κ3) is 3.78. The number of hydrogen-bond acceptors (Lipinski definition) is 3. The molecule has 0 saturated carbocycles. The number of nitrogens with one attached hydrogen (secondary N) is 1. The van der Waals surface area contributed by atoms with Gasteiger partial charge in [0.15, 0.2) is 0 Å². The van der Waals surface area contributed by atoms with Gasteiger partial charge in [0.25, 0.3) is 0 Å². The van der Waals surface area contributed by atoms with Gasteiger partial charge in [-0.15, -0.1) is 0 Å². The Morgan fingerprint density at radius 2 is 1.79 bits per heavy atom. The van der Waals surface area contributed by atoms with Crippen molar-refractivity contribution in [3.05, 3.63) is 24.3 Å². The van der Waals surface area contributed by atoms with Crippen LogP contribution in [0.3, 0.4) is 0 Å². The van der Waals surface area contributed by atoms with Crippen LogP contribution in [0, 0.1) is 0 Å². The van der Waals surface area contributed by atoms with Crippen LogP contribution in [0.1, 0.15) is 27.2 Å². The topological polar surface area (TPSA) is 66.5 Å². The number of carbonyl (C=O) groups is 1. The second kappa shape index (κ2) is 6.16. The molecule has 0 heterocycles. The molecule has 0 unspecified atom stereocenters. The first-order valence-electron chi connectivity index (χ1n) is 6.17. The molecule has 1 aromatic rings. The molecule has 19 heavy (non-hydrogen) atoms. The molecule has 0 atom stereocenters. The van der Waals surface area contributed by atoms with Gasteiger partial charge < -0.3 is 5.32 Å². The van der Waals surface area contributed by atoms with Crippen LogP contribution in [0.15, 0.2) is 29.2 Å². The highest BCUT2D eigenvalue weighted by atomic mass is 32.2. The van der Waals surface area contributed by atoms with E-state index in [4.69, 9.17) is 0 Å². The van der Waals surface area contributed by atoms with Crippen LogP contribution in [0.4, 0.5) is 5.69 Å². The van der Waals surface area contributed by atoms with E-state index >= 15 is 0 Å². The van der Waals surface area contributed by atoms with Crippen molar-refractivity contribution in [3.63, 3.8) is 0 Å². The summed E-state index contributed by atoms with van der Waals surface area (Å²) >= 11 is 0. The van der Waals surface area contributed by atoms with E-state index in [9.17, 15) is 13.2 Å². The highest BCUT2D eigenvalue weighted by molar-refractivity contribution is 7.89. The number of amides is 1. The lowest BCUT2D eigenvalue weighted by Gasteiger charge is -2.21. The summed E-state index contributed by atoms with van der Waals surface area (Å²) in [4.78, 5) is 11.4. The van der Waals surface area contributed by atoms with Crippen molar-refractivity contribution >= 4 is 21.6 Å². The van der Waals surface area contributed by atoms with E-state index in [-0.39, 0.29) is 16.8 Å². The summed E-state index contributed by atoms with van der Waals surface area (Å²) in [6.07, 6.45) is 0.385. The molecule has 106 valence electrons. The smallest absolute Gasteiger partial charge is 0.243 e. The summed E-state index contributed by atoms with van der Waals surface area (Å²) < 4.78 is 25.7. The molecule has 0 aliphatic carbocycles. The van der Waals surface area contributed by atoms with Crippen LogP contribution in [0.5, 0.6) is 0 Å². The molecule has 1 rings (SSSR count). The molecular formula is C13H20N2O3S. The first kappa shape index (κ1) is 15.7. The summed E-state index contributed by atoms with van der Waals surface area (Å²) in [5.74, 6) is -0.102. The minimum atomic E-state index is -3.47. The van der Waals surface area contributed by atoms with E-state index in [0.29, 0.717) is 12.1 Å². The molecule has 0 aliphatic rings. The zero-order valence-corrected chi connectivity index (χ0v) is 12.5. The van der Waals surface area contributed by atoms with Crippen LogP contribution >= 0.6 is 0 Å². The molecule has 0 aliphatic heterocycles. The van der Waals surface area contributed by atoms with Crippen LogP contribution in [-0.2, 0) is 14.8 Å². The number of hydrogen-bond donors (Lipinski definition) is 1. The molecule has 1 amide bonds. The standard InChI is InChI=1S/C13H20N2O3S/c1-5-13(16)14-11-6-8-12(9-7-11)19(17,18)15(4)10(2)3/h6-10H,5H2,1-4H3,(H,14,16). The average Bonchev–Trinajstić information content (AvgIpc) is 2.38. The van der Waals surface area contributed by atoms with Crippen molar-refractivity contribution < 1.29 is 13.2 Å². The minimum Gasteiger partial charge on any atom is -0.326 e. The lowest BCUT2D eigenvalue weighted by molar-refractivity contribution is -0.115. The summed E-state index contributed by atoms with van der Waals surface area (Å²) in [5, 5.41) is 2.67. The van der Waals surface area contributed by atoms with Gasteiger partial charge in [0.2, 0.25) is 15.9 Å². The molecular weight excluding hydrogens is 264 g/mol. The Balaban J connectivity index is 2.96. The van der Waals surface area contributed by atoms with Gasteiger partial charge in [-0.25, -0.2) is 8.42 Å². The van der Waals surface area contributed by atoms with E-state index in [2.05, 4.69) is 5.32 Å². The second-order valence-corrected chi connectivity index (χ2v) is 6.54. The summed E-state index contributed by atoms with van der Waals surface area (Å²) in [6.45, 7) is 5.38. The van der Waals surface area contributed by atoms with E-state index in [1.54, 1.807) is 26.1 Å². The van der Waals surface area contributed by atoms with Gasteiger partial charge in [0.05, 0.1) is 4.90 Å². The molecule has 1 N–H and O–H groups in total. The maximum absolute atomic E-state index is 12.2. The molecule has 1 aromatic carbocycles. The number of carbonyl (C=O) groups excluding carboxylic acids is 1. The first-order chi connectivity index (χ1) is 8.78. The normalized spacial score (nSPS) is 11.9. The largest absolute Gasteiger partial charge is 0.326 e. The van der Waals surface area contributed by atoms with Crippen molar-refractivity contribution in [3.8, 4) is 0 Å². The van der Waals surface area contributed by atoms with Gasteiger partial charge in [0, 0.05) is 25.2 Å². The number of anilines is 1. The molecule has 0 saturated heterocycles. The van der Waals surface area contributed by atoms with Gasteiger partial charge in [-0.3, -0.25) is 4.79 Å².